The minimum atomic E-state index is -1.25. The van der Waals surface area contributed by atoms with Gasteiger partial charge in [0, 0.05) is 44.3 Å². The first-order chi connectivity index (χ1) is 16.0. The van der Waals surface area contributed by atoms with Crippen molar-refractivity contribution in [1.29, 1.82) is 0 Å². The first kappa shape index (κ1) is 22.0. The second kappa shape index (κ2) is 9.94. The van der Waals surface area contributed by atoms with Crippen molar-refractivity contribution in [2.24, 2.45) is 0 Å². The highest BCUT2D eigenvalue weighted by Crippen LogP contribution is 2.16. The number of benzene rings is 1. The average molecular weight is 451 g/mol. The van der Waals surface area contributed by atoms with Crippen molar-refractivity contribution in [1.82, 2.24) is 45.6 Å². The van der Waals surface area contributed by atoms with Gasteiger partial charge in [0.25, 0.3) is 11.8 Å². The van der Waals surface area contributed by atoms with Crippen molar-refractivity contribution >= 4 is 22.6 Å². The van der Waals surface area contributed by atoms with E-state index in [1.807, 2.05) is 24.3 Å². The third-order valence-corrected chi connectivity index (χ3v) is 5.02. The van der Waals surface area contributed by atoms with Gasteiger partial charge in [-0.25, -0.2) is 9.07 Å². The number of nitrogens with zero attached hydrogens (tertiary/aromatic N) is 7. The summed E-state index contributed by atoms with van der Waals surface area (Å²) in [6.45, 7) is 0.457. The van der Waals surface area contributed by atoms with Crippen LogP contribution in [-0.2, 0) is 19.6 Å². The number of fused-ring (bicyclic) bond motifs is 1. The van der Waals surface area contributed by atoms with E-state index in [1.165, 1.54) is 28.8 Å². The molecule has 2 amide bonds. The number of hydrogen-bond donors (Lipinski definition) is 2. The van der Waals surface area contributed by atoms with Gasteiger partial charge in [0.15, 0.2) is 11.4 Å². The standard InChI is InChI=1S/C21H22FN9O2/c1-23-20(32)18-12-30(28-26-18)7-6-16(22)11-31-13-19(27-29-31)21(33)25-10-15-9-24-8-14-4-2-3-5-17(14)15/h2-5,8-9,12-13,16H,6-7,10-11H2,1H3,(H,23,32)(H,25,33). The number of halogens is 1. The molecule has 0 bridgehead atoms. The van der Waals surface area contributed by atoms with Gasteiger partial charge >= 0.3 is 0 Å². The van der Waals surface area contributed by atoms with E-state index in [2.05, 4.69) is 36.2 Å². The molecular formula is C21H22FN9O2. The van der Waals surface area contributed by atoms with Crippen LogP contribution in [-0.4, -0.2) is 60.0 Å². The summed E-state index contributed by atoms with van der Waals surface area (Å²) < 4.78 is 17.1. The monoisotopic (exact) mass is 451 g/mol. The van der Waals surface area contributed by atoms with Crippen LogP contribution in [0.2, 0.25) is 0 Å². The molecule has 0 aliphatic rings. The van der Waals surface area contributed by atoms with E-state index in [4.69, 9.17) is 0 Å². The molecule has 0 spiro atoms. The molecule has 11 nitrogen and oxygen atoms in total. The summed E-state index contributed by atoms with van der Waals surface area (Å²) >= 11 is 0. The molecule has 170 valence electrons. The molecule has 0 radical (unpaired) electrons. The number of hydrogen-bond acceptors (Lipinski definition) is 7. The van der Waals surface area contributed by atoms with Gasteiger partial charge in [-0.1, -0.05) is 34.7 Å². The fourth-order valence-corrected chi connectivity index (χ4v) is 3.28. The highest BCUT2D eigenvalue weighted by Gasteiger charge is 2.15. The minimum Gasteiger partial charge on any atom is -0.354 e. The smallest absolute Gasteiger partial charge is 0.273 e. The predicted octanol–water partition coefficient (Wildman–Crippen LogP) is 1.14. The van der Waals surface area contributed by atoms with Crippen LogP contribution in [0.5, 0.6) is 0 Å². The Morgan fingerprint density at radius 1 is 1.03 bits per heavy atom. The van der Waals surface area contributed by atoms with E-state index in [0.29, 0.717) is 0 Å². The van der Waals surface area contributed by atoms with Gasteiger partial charge in [-0.2, -0.15) is 0 Å². The molecule has 12 heteroatoms. The van der Waals surface area contributed by atoms with E-state index in [1.54, 1.807) is 12.4 Å². The molecule has 1 unspecified atom stereocenters. The SMILES string of the molecule is CNC(=O)c1cn(CCC(F)Cn2cc(C(=O)NCc3cncc4ccccc34)nn2)nn1. The largest absolute Gasteiger partial charge is 0.354 e. The molecule has 4 rings (SSSR count). The van der Waals surface area contributed by atoms with E-state index >= 15 is 0 Å². The topological polar surface area (TPSA) is 133 Å². The fraction of sp³-hybridized carbons (Fsp3) is 0.286. The molecule has 2 N–H and O–H groups in total. The van der Waals surface area contributed by atoms with Crippen LogP contribution in [0.1, 0.15) is 33.0 Å². The summed E-state index contributed by atoms with van der Waals surface area (Å²) in [6, 6.07) is 7.78. The first-order valence-electron chi connectivity index (χ1n) is 10.3. The maximum atomic E-state index is 14.4. The van der Waals surface area contributed by atoms with Gasteiger partial charge in [-0.05, 0) is 10.9 Å². The summed E-state index contributed by atoms with van der Waals surface area (Å²) in [4.78, 5) is 28.1. The molecule has 0 aliphatic heterocycles. The highest BCUT2D eigenvalue weighted by atomic mass is 19.1. The normalized spacial score (nSPS) is 11.9. The number of carbonyl (C=O) groups excluding carboxylic acids is 2. The lowest BCUT2D eigenvalue weighted by Gasteiger charge is -2.07. The maximum absolute atomic E-state index is 14.4. The molecule has 4 aromatic rings. The average Bonchev–Trinajstić information content (AvgIpc) is 3.50. The quantitative estimate of drug-likeness (QED) is 0.390. The second-order valence-electron chi connectivity index (χ2n) is 7.36. The Labute approximate surface area is 188 Å². The van der Waals surface area contributed by atoms with Crippen LogP contribution in [0, 0.1) is 0 Å². The molecule has 1 aromatic carbocycles. The number of amides is 2. The number of rotatable bonds is 9. The highest BCUT2D eigenvalue weighted by molar-refractivity contribution is 5.92. The van der Waals surface area contributed by atoms with Crippen LogP contribution in [0.25, 0.3) is 10.8 Å². The van der Waals surface area contributed by atoms with E-state index in [0.717, 1.165) is 16.3 Å². The predicted molar refractivity (Wildman–Crippen MR) is 116 cm³/mol. The molecule has 3 heterocycles. The van der Waals surface area contributed by atoms with Crippen LogP contribution in [0.15, 0.2) is 49.1 Å². The van der Waals surface area contributed by atoms with E-state index in [-0.39, 0.29) is 43.4 Å². The number of pyridine rings is 1. The van der Waals surface area contributed by atoms with E-state index < -0.39 is 12.1 Å². The molecule has 0 aliphatic carbocycles. The molecule has 3 aromatic heterocycles. The van der Waals surface area contributed by atoms with Crippen molar-refractivity contribution in [2.75, 3.05) is 7.05 Å². The number of aryl methyl sites for hydroxylation is 1. The number of carbonyl (C=O) groups is 2. The van der Waals surface area contributed by atoms with Gasteiger partial charge < -0.3 is 10.6 Å². The van der Waals surface area contributed by atoms with Crippen molar-refractivity contribution in [3.63, 3.8) is 0 Å². The molecule has 0 saturated carbocycles. The first-order valence-corrected chi connectivity index (χ1v) is 10.3. The Kier molecular flexibility index (Phi) is 6.62. The summed E-state index contributed by atoms with van der Waals surface area (Å²) in [5.41, 5.74) is 1.14. The van der Waals surface area contributed by atoms with E-state index in [9.17, 15) is 14.0 Å². The zero-order chi connectivity index (χ0) is 23.2. The summed E-state index contributed by atoms with van der Waals surface area (Å²) in [5.74, 6) is -0.767. The summed E-state index contributed by atoms with van der Waals surface area (Å²) in [6.07, 6.45) is 5.21. The Hall–Kier alpha value is -4.22. The number of nitrogens with one attached hydrogen (secondary N) is 2. The van der Waals surface area contributed by atoms with Crippen LogP contribution in [0.4, 0.5) is 4.39 Å². The lowest BCUT2D eigenvalue weighted by Crippen LogP contribution is -2.23. The summed E-state index contributed by atoms with van der Waals surface area (Å²) in [7, 11) is 1.49. The lowest BCUT2D eigenvalue weighted by molar-refractivity contribution is 0.0942. The molecular weight excluding hydrogens is 429 g/mol. The molecule has 0 fully saturated rings. The van der Waals surface area contributed by atoms with Crippen molar-refractivity contribution in [2.45, 2.75) is 32.2 Å². The zero-order valence-corrected chi connectivity index (χ0v) is 17.8. The van der Waals surface area contributed by atoms with Gasteiger partial charge in [-0.3, -0.25) is 19.3 Å². The third-order valence-electron chi connectivity index (χ3n) is 5.02. The minimum absolute atomic E-state index is 0.0650. The fourth-order valence-electron chi connectivity index (χ4n) is 3.28. The Morgan fingerprint density at radius 2 is 1.76 bits per heavy atom. The second-order valence-corrected chi connectivity index (χ2v) is 7.36. The number of aromatic nitrogens is 7. The van der Waals surface area contributed by atoms with Crippen LogP contribution >= 0.6 is 0 Å². The van der Waals surface area contributed by atoms with Crippen molar-refractivity contribution in [3.05, 3.63) is 66.0 Å². The number of alkyl halides is 1. The van der Waals surface area contributed by atoms with Gasteiger partial charge in [0.1, 0.15) is 6.17 Å². The van der Waals surface area contributed by atoms with Crippen molar-refractivity contribution in [3.8, 4) is 0 Å². The van der Waals surface area contributed by atoms with Crippen molar-refractivity contribution < 1.29 is 14.0 Å². The Morgan fingerprint density at radius 3 is 2.58 bits per heavy atom. The maximum Gasteiger partial charge on any atom is 0.273 e. The Bertz CT molecular complexity index is 1260. The van der Waals surface area contributed by atoms with Crippen LogP contribution in [0.3, 0.4) is 0 Å². The zero-order valence-electron chi connectivity index (χ0n) is 17.8. The molecule has 1 atom stereocenters. The molecule has 0 saturated heterocycles. The lowest BCUT2D eigenvalue weighted by atomic mass is 10.1. The summed E-state index contributed by atoms with van der Waals surface area (Å²) in [5, 5.41) is 22.5. The van der Waals surface area contributed by atoms with Crippen LogP contribution < -0.4 is 10.6 Å². The Balaban J connectivity index is 1.28. The third kappa shape index (κ3) is 5.34. The van der Waals surface area contributed by atoms with Gasteiger partial charge in [-0.15, -0.1) is 10.2 Å². The molecule has 33 heavy (non-hydrogen) atoms. The van der Waals surface area contributed by atoms with Gasteiger partial charge in [0.2, 0.25) is 0 Å². The van der Waals surface area contributed by atoms with Gasteiger partial charge in [0.05, 0.1) is 18.9 Å².